The lowest BCUT2D eigenvalue weighted by atomic mass is 10.1. The molecule has 0 radical (unpaired) electrons. The molecule has 2 aromatic rings. The number of benzene rings is 1. The minimum absolute atomic E-state index is 0.785. The van der Waals surface area contributed by atoms with E-state index < -0.39 is 5.97 Å². The van der Waals surface area contributed by atoms with Gasteiger partial charge in [-0.15, -0.1) is 11.3 Å². The summed E-state index contributed by atoms with van der Waals surface area (Å²) in [6.07, 6.45) is 1.24. The Kier molecular flexibility index (Phi) is 3.63. The largest absolute Gasteiger partial charge is 0.478 e. The molecule has 1 aromatic carbocycles. The quantitative estimate of drug-likeness (QED) is 0.837. The van der Waals surface area contributed by atoms with E-state index in [1.807, 2.05) is 31.2 Å². The Morgan fingerprint density at radius 3 is 2.61 bits per heavy atom. The fourth-order valence-electron chi connectivity index (χ4n) is 1.80. The lowest BCUT2D eigenvalue weighted by Crippen LogP contribution is -1.88. The van der Waals surface area contributed by atoms with Crippen molar-refractivity contribution < 1.29 is 9.90 Å². The zero-order valence-corrected chi connectivity index (χ0v) is 11.1. The van der Waals surface area contributed by atoms with Crippen LogP contribution in [0, 0.1) is 6.92 Å². The molecule has 0 saturated carbocycles. The average Bonchev–Trinajstić information content (AvgIpc) is 2.78. The monoisotopic (exact) mass is 258 g/mol. The third kappa shape index (κ3) is 2.68. The van der Waals surface area contributed by atoms with Crippen LogP contribution in [-0.4, -0.2) is 11.1 Å². The first-order valence-corrected chi connectivity index (χ1v) is 6.47. The molecule has 1 aromatic heterocycles. The molecule has 0 atom stereocenters. The molecular formula is C15H14O2S. The molecule has 0 aliphatic heterocycles. The number of hydrogen-bond donors (Lipinski definition) is 1. The van der Waals surface area contributed by atoms with Gasteiger partial charge in [0.05, 0.1) is 0 Å². The molecule has 1 heterocycles. The molecular weight excluding hydrogens is 244 g/mol. The van der Waals surface area contributed by atoms with Crippen LogP contribution in [0.15, 0.2) is 42.5 Å². The van der Waals surface area contributed by atoms with Crippen molar-refractivity contribution in [1.29, 1.82) is 0 Å². The molecule has 0 aliphatic carbocycles. The van der Waals surface area contributed by atoms with E-state index in [0.29, 0.717) is 0 Å². The highest BCUT2D eigenvalue weighted by Gasteiger charge is 2.06. The number of aryl methyl sites for hydroxylation is 1. The van der Waals surface area contributed by atoms with Crippen molar-refractivity contribution in [2.24, 2.45) is 0 Å². The summed E-state index contributed by atoms with van der Waals surface area (Å²) in [5.41, 5.74) is 3.22. The molecule has 0 fully saturated rings. The summed E-state index contributed by atoms with van der Waals surface area (Å²) >= 11 is 1.62. The second-order valence-electron chi connectivity index (χ2n) is 4.14. The van der Waals surface area contributed by atoms with Gasteiger partial charge in [0.1, 0.15) is 0 Å². The maximum atomic E-state index is 10.6. The van der Waals surface area contributed by atoms with Crippen molar-refractivity contribution in [1.82, 2.24) is 0 Å². The van der Waals surface area contributed by atoms with Gasteiger partial charge in [0.25, 0.3) is 0 Å². The molecule has 2 rings (SSSR count). The number of carboxylic acid groups (broad SMARTS) is 1. The molecule has 0 spiro atoms. The second-order valence-corrected chi connectivity index (χ2v) is 5.23. The number of carboxylic acids is 1. The van der Waals surface area contributed by atoms with Crippen LogP contribution >= 0.6 is 11.3 Å². The highest BCUT2D eigenvalue weighted by Crippen LogP contribution is 2.33. The molecule has 18 heavy (non-hydrogen) atoms. The summed E-state index contributed by atoms with van der Waals surface area (Å²) < 4.78 is 0. The molecule has 0 amide bonds. The molecule has 1 N–H and O–H groups in total. The zero-order chi connectivity index (χ0) is 13.1. The number of thiophene rings is 1. The molecule has 2 nitrogen and oxygen atoms in total. The Hall–Kier alpha value is -1.87. The number of allylic oxidation sites excluding steroid dienone is 1. The van der Waals surface area contributed by atoms with Crippen molar-refractivity contribution >= 4 is 22.9 Å². The summed E-state index contributed by atoms with van der Waals surface area (Å²) in [4.78, 5) is 12.8. The van der Waals surface area contributed by atoms with Crippen molar-refractivity contribution in [3.8, 4) is 10.4 Å². The zero-order valence-electron chi connectivity index (χ0n) is 10.3. The van der Waals surface area contributed by atoms with Gasteiger partial charge in [0, 0.05) is 15.8 Å². The number of rotatable bonds is 3. The Morgan fingerprint density at radius 1 is 1.22 bits per heavy atom. The van der Waals surface area contributed by atoms with E-state index in [1.54, 1.807) is 11.3 Å². The standard InChI is InChI=1S/C15H14O2S/c1-10-5-3-4-6-12(10)14-8-7-13(18-14)11(2)9-15(16)17/h3-9H,1-2H3,(H,16,17)/b11-9+. The Morgan fingerprint density at radius 2 is 1.94 bits per heavy atom. The number of hydrogen-bond acceptors (Lipinski definition) is 2. The summed E-state index contributed by atoms with van der Waals surface area (Å²) in [5, 5.41) is 8.74. The van der Waals surface area contributed by atoms with Gasteiger partial charge >= 0.3 is 5.97 Å². The van der Waals surface area contributed by atoms with Gasteiger partial charge in [-0.1, -0.05) is 24.3 Å². The molecule has 3 heteroatoms. The van der Waals surface area contributed by atoms with E-state index in [2.05, 4.69) is 19.1 Å². The second kappa shape index (κ2) is 5.19. The van der Waals surface area contributed by atoms with Crippen LogP contribution < -0.4 is 0 Å². The summed E-state index contributed by atoms with van der Waals surface area (Å²) in [7, 11) is 0. The van der Waals surface area contributed by atoms with E-state index in [1.165, 1.54) is 22.1 Å². The smallest absolute Gasteiger partial charge is 0.328 e. The molecule has 92 valence electrons. The third-order valence-corrected chi connectivity index (χ3v) is 4.00. The van der Waals surface area contributed by atoms with Gasteiger partial charge in [-0.2, -0.15) is 0 Å². The Labute approximate surface area is 110 Å². The van der Waals surface area contributed by atoms with Gasteiger partial charge in [-0.05, 0) is 42.7 Å². The van der Waals surface area contributed by atoms with E-state index in [9.17, 15) is 4.79 Å². The normalized spacial score (nSPS) is 11.6. The molecule has 0 bridgehead atoms. The van der Waals surface area contributed by atoms with E-state index in [0.717, 1.165) is 10.5 Å². The fourth-order valence-corrected chi connectivity index (χ4v) is 2.87. The first-order valence-electron chi connectivity index (χ1n) is 5.65. The highest BCUT2D eigenvalue weighted by molar-refractivity contribution is 7.16. The summed E-state index contributed by atoms with van der Waals surface area (Å²) in [6.45, 7) is 3.90. The first-order chi connectivity index (χ1) is 8.58. The maximum absolute atomic E-state index is 10.6. The van der Waals surface area contributed by atoms with Crippen molar-refractivity contribution in [3.05, 3.63) is 52.9 Å². The minimum Gasteiger partial charge on any atom is -0.478 e. The molecule has 0 unspecified atom stereocenters. The average molecular weight is 258 g/mol. The van der Waals surface area contributed by atoms with Crippen LogP contribution in [0.5, 0.6) is 0 Å². The SMILES string of the molecule is C/C(=C\C(=O)O)c1ccc(-c2ccccc2C)s1. The molecule has 0 aliphatic rings. The number of carbonyl (C=O) groups is 1. The van der Waals surface area contributed by atoms with Crippen LogP contribution in [0.4, 0.5) is 0 Å². The minimum atomic E-state index is -0.904. The topological polar surface area (TPSA) is 37.3 Å². The van der Waals surface area contributed by atoms with E-state index in [4.69, 9.17) is 5.11 Å². The number of aliphatic carboxylic acids is 1. The lowest BCUT2D eigenvalue weighted by Gasteiger charge is -2.01. The predicted molar refractivity (Wildman–Crippen MR) is 75.8 cm³/mol. The van der Waals surface area contributed by atoms with Gasteiger partial charge < -0.3 is 5.11 Å². The van der Waals surface area contributed by atoms with Gasteiger partial charge in [-0.3, -0.25) is 0 Å². The van der Waals surface area contributed by atoms with Crippen LogP contribution in [0.2, 0.25) is 0 Å². The predicted octanol–water partition coefficient (Wildman–Crippen LogP) is 4.21. The Balaban J connectivity index is 2.37. The summed E-state index contributed by atoms with van der Waals surface area (Å²) in [6, 6.07) is 12.2. The van der Waals surface area contributed by atoms with Gasteiger partial charge in [0.15, 0.2) is 0 Å². The van der Waals surface area contributed by atoms with E-state index in [-0.39, 0.29) is 0 Å². The van der Waals surface area contributed by atoms with Crippen LogP contribution in [-0.2, 0) is 4.79 Å². The van der Waals surface area contributed by atoms with Crippen LogP contribution in [0.3, 0.4) is 0 Å². The summed E-state index contributed by atoms with van der Waals surface area (Å²) in [5.74, 6) is -0.904. The van der Waals surface area contributed by atoms with Crippen molar-refractivity contribution in [3.63, 3.8) is 0 Å². The van der Waals surface area contributed by atoms with Crippen LogP contribution in [0.1, 0.15) is 17.4 Å². The third-order valence-electron chi connectivity index (χ3n) is 2.75. The molecule has 0 saturated heterocycles. The fraction of sp³-hybridized carbons (Fsp3) is 0.133. The first kappa shape index (κ1) is 12.6. The maximum Gasteiger partial charge on any atom is 0.328 e. The van der Waals surface area contributed by atoms with Gasteiger partial charge in [0.2, 0.25) is 0 Å². The van der Waals surface area contributed by atoms with Crippen molar-refractivity contribution in [2.45, 2.75) is 13.8 Å². The van der Waals surface area contributed by atoms with Gasteiger partial charge in [-0.25, -0.2) is 4.79 Å². The van der Waals surface area contributed by atoms with Crippen LogP contribution in [0.25, 0.3) is 16.0 Å². The lowest BCUT2D eigenvalue weighted by molar-refractivity contribution is -0.131. The van der Waals surface area contributed by atoms with E-state index >= 15 is 0 Å². The highest BCUT2D eigenvalue weighted by atomic mass is 32.1. The Bertz CT molecular complexity index is 608. The van der Waals surface area contributed by atoms with Crippen molar-refractivity contribution in [2.75, 3.05) is 0 Å².